The maximum atomic E-state index is 14.8. The van der Waals surface area contributed by atoms with Crippen LogP contribution in [0.2, 0.25) is 0 Å². The zero-order valence-electron chi connectivity index (χ0n) is 32.6. The number of benzene rings is 2. The van der Waals surface area contributed by atoms with Crippen LogP contribution >= 0.6 is 0 Å². The van der Waals surface area contributed by atoms with E-state index in [0.29, 0.717) is 5.75 Å². The SMILES string of the molecule is COc1ccc(-c2oc3c(CC=C(C)C)c(O[C@@H]4O[C@H](CO)[C@@H](O)[C@H](O)[C@H]4O)cc(O)c3c(=O)c2O[C@@H]2C[C@H](C)[C@@H](O)[C@H](O)[C@@H]2O[C@@H]2O[C@@H](CO)[C@H](O)[C@@H](O)[C@@H]2O)cc1. The average molecular weight is 837 g/mol. The van der Waals surface area contributed by atoms with Gasteiger partial charge in [-0.05, 0) is 56.9 Å². The molecule has 3 fully saturated rings. The van der Waals surface area contributed by atoms with Gasteiger partial charge in [-0.2, -0.15) is 0 Å². The molecule has 1 aliphatic carbocycles. The predicted molar refractivity (Wildman–Crippen MR) is 203 cm³/mol. The van der Waals surface area contributed by atoms with Crippen LogP contribution in [0.15, 0.2) is 51.2 Å². The number of hydrogen-bond acceptors (Lipinski definition) is 19. The van der Waals surface area contributed by atoms with Gasteiger partial charge >= 0.3 is 0 Å². The highest BCUT2D eigenvalue weighted by Crippen LogP contribution is 2.42. The zero-order valence-corrected chi connectivity index (χ0v) is 32.6. The average Bonchev–Trinajstić information content (AvgIpc) is 3.21. The van der Waals surface area contributed by atoms with Gasteiger partial charge in [0.25, 0.3) is 0 Å². The molecule has 326 valence electrons. The van der Waals surface area contributed by atoms with Gasteiger partial charge in [-0.3, -0.25) is 4.79 Å². The van der Waals surface area contributed by atoms with Crippen molar-refractivity contribution < 1.29 is 89.0 Å². The van der Waals surface area contributed by atoms with Gasteiger partial charge in [-0.1, -0.05) is 18.6 Å². The quantitative estimate of drug-likeness (QED) is 0.0931. The van der Waals surface area contributed by atoms with Crippen LogP contribution in [0.4, 0.5) is 0 Å². The second-order valence-corrected chi connectivity index (χ2v) is 15.3. The van der Waals surface area contributed by atoms with Gasteiger partial charge in [0.1, 0.15) is 95.4 Å². The van der Waals surface area contributed by atoms with Crippen molar-refractivity contribution in [3.63, 3.8) is 0 Å². The fourth-order valence-corrected chi connectivity index (χ4v) is 7.45. The summed E-state index contributed by atoms with van der Waals surface area (Å²) < 4.78 is 41.3. The Morgan fingerprint density at radius 2 is 1.39 bits per heavy atom. The fourth-order valence-electron chi connectivity index (χ4n) is 7.45. The summed E-state index contributed by atoms with van der Waals surface area (Å²) in [6.07, 6.45) is -21.1. The largest absolute Gasteiger partial charge is 0.507 e. The third-order valence-electron chi connectivity index (χ3n) is 11.0. The number of rotatable bonds is 12. The van der Waals surface area contributed by atoms with Crippen LogP contribution in [0.5, 0.6) is 23.0 Å². The summed E-state index contributed by atoms with van der Waals surface area (Å²) in [5, 5.41) is 116. The Labute approximate surface area is 337 Å². The van der Waals surface area contributed by atoms with Crippen molar-refractivity contribution in [2.24, 2.45) is 5.92 Å². The van der Waals surface area contributed by atoms with Gasteiger partial charge in [0.15, 0.2) is 12.1 Å². The molecule has 19 heteroatoms. The topological polar surface area (TPSA) is 308 Å². The number of aliphatic hydroxyl groups excluding tert-OH is 10. The van der Waals surface area contributed by atoms with Crippen molar-refractivity contribution in [1.29, 1.82) is 0 Å². The minimum atomic E-state index is -1.88. The molecule has 3 aliphatic rings. The van der Waals surface area contributed by atoms with Crippen LogP contribution in [-0.4, -0.2) is 162 Å². The van der Waals surface area contributed by atoms with E-state index < -0.39 is 122 Å². The maximum absolute atomic E-state index is 14.8. The molecular formula is C40H52O19. The zero-order chi connectivity index (χ0) is 43.0. The minimum absolute atomic E-state index is 0.0241. The smallest absolute Gasteiger partial charge is 0.239 e. The number of aliphatic hydroxyl groups is 10. The Morgan fingerprint density at radius 3 is 1.97 bits per heavy atom. The Balaban J connectivity index is 1.50. The second-order valence-electron chi connectivity index (χ2n) is 15.3. The molecule has 1 aromatic heterocycles. The summed E-state index contributed by atoms with van der Waals surface area (Å²) in [5.41, 5.74) is 0.172. The number of fused-ring (bicyclic) bond motifs is 1. The first-order valence-electron chi connectivity index (χ1n) is 19.1. The lowest BCUT2D eigenvalue weighted by Crippen LogP contribution is -2.63. The maximum Gasteiger partial charge on any atom is 0.239 e. The molecule has 0 bridgehead atoms. The summed E-state index contributed by atoms with van der Waals surface area (Å²) in [5.74, 6) is -1.71. The van der Waals surface area contributed by atoms with Crippen LogP contribution in [0.25, 0.3) is 22.3 Å². The molecule has 2 saturated heterocycles. The van der Waals surface area contributed by atoms with E-state index in [2.05, 4.69) is 0 Å². The lowest BCUT2D eigenvalue weighted by molar-refractivity contribution is -0.330. The number of allylic oxidation sites excluding steroid dienone is 2. The van der Waals surface area contributed by atoms with Gasteiger partial charge in [0, 0.05) is 17.2 Å². The number of phenols is 1. The highest BCUT2D eigenvalue weighted by molar-refractivity contribution is 5.91. The summed E-state index contributed by atoms with van der Waals surface area (Å²) in [6.45, 7) is 3.73. The summed E-state index contributed by atoms with van der Waals surface area (Å²) in [7, 11) is 1.45. The van der Waals surface area contributed by atoms with Crippen LogP contribution < -0.4 is 19.6 Å². The lowest BCUT2D eigenvalue weighted by Gasteiger charge is -2.45. The summed E-state index contributed by atoms with van der Waals surface area (Å²) in [4.78, 5) is 14.8. The van der Waals surface area contributed by atoms with E-state index in [-0.39, 0.29) is 46.4 Å². The van der Waals surface area contributed by atoms with Crippen molar-refractivity contribution in [3.8, 4) is 34.3 Å². The van der Waals surface area contributed by atoms with Gasteiger partial charge < -0.3 is 89.0 Å². The fraction of sp³-hybridized carbons (Fsp3) is 0.575. The second kappa shape index (κ2) is 18.4. The van der Waals surface area contributed by atoms with E-state index in [1.165, 1.54) is 7.11 Å². The highest BCUT2D eigenvalue weighted by atomic mass is 16.7. The number of methoxy groups -OCH3 is 1. The molecule has 3 heterocycles. The Hall–Kier alpha value is -3.93. The van der Waals surface area contributed by atoms with Gasteiger partial charge in [-0.15, -0.1) is 0 Å². The third kappa shape index (κ3) is 8.80. The van der Waals surface area contributed by atoms with Crippen LogP contribution in [0.1, 0.15) is 32.8 Å². The molecule has 0 unspecified atom stereocenters. The Kier molecular flexibility index (Phi) is 13.9. The standard InChI is InChI=1S/C40H52O19/c1-15(2)5-10-19-21(55-39-33(51)30(48)27(45)23(13-41)56-39)12-20(43)25-29(47)38(35(58-36(19)25)17-6-8-18(53-4)9-7-17)54-22-11-16(3)26(44)32(50)37(22)59-40-34(52)31(49)28(46)24(14-42)57-40/h5-9,12,16,22-24,26-28,30-34,37,39-46,48-52H,10-11,13-14H2,1-4H3/t16-,22+,23+,24-,26+,27+,28-,30-,31+,32-,33+,34-,37+,39+,40-/m0/s1. The first-order valence-corrected chi connectivity index (χ1v) is 19.1. The van der Waals surface area contributed by atoms with Crippen molar-refractivity contribution in [1.82, 2.24) is 0 Å². The molecule has 15 atom stereocenters. The first kappa shape index (κ1) is 44.6. The minimum Gasteiger partial charge on any atom is -0.507 e. The van der Waals surface area contributed by atoms with Gasteiger partial charge in [0.2, 0.25) is 17.5 Å². The van der Waals surface area contributed by atoms with Crippen molar-refractivity contribution >= 4 is 11.0 Å². The number of hydrogen-bond donors (Lipinski definition) is 11. The summed E-state index contributed by atoms with van der Waals surface area (Å²) >= 11 is 0. The van der Waals surface area contributed by atoms with E-state index in [0.717, 1.165) is 11.6 Å². The van der Waals surface area contributed by atoms with Crippen molar-refractivity contribution in [2.75, 3.05) is 20.3 Å². The van der Waals surface area contributed by atoms with E-state index in [1.807, 2.05) is 13.8 Å². The molecule has 11 N–H and O–H groups in total. The third-order valence-corrected chi connectivity index (χ3v) is 11.0. The molecule has 0 radical (unpaired) electrons. The Bertz CT molecular complexity index is 1990. The van der Waals surface area contributed by atoms with E-state index in [9.17, 15) is 61.0 Å². The molecule has 1 saturated carbocycles. The van der Waals surface area contributed by atoms with Crippen LogP contribution in [-0.2, 0) is 20.6 Å². The highest BCUT2D eigenvalue weighted by Gasteiger charge is 2.51. The van der Waals surface area contributed by atoms with E-state index in [4.69, 9.17) is 32.8 Å². The number of phenolic OH excluding ortho intramolecular Hbond substituents is 1. The van der Waals surface area contributed by atoms with E-state index >= 15 is 0 Å². The molecular weight excluding hydrogens is 784 g/mol. The van der Waals surface area contributed by atoms with E-state index in [1.54, 1.807) is 37.3 Å². The van der Waals surface area contributed by atoms with Crippen molar-refractivity contribution in [2.45, 2.75) is 119 Å². The van der Waals surface area contributed by atoms with Crippen molar-refractivity contribution in [3.05, 3.63) is 57.8 Å². The molecule has 2 aromatic carbocycles. The molecule has 19 nitrogen and oxygen atoms in total. The number of aromatic hydroxyl groups is 1. The predicted octanol–water partition coefficient (Wildman–Crippen LogP) is -1.44. The first-order chi connectivity index (χ1) is 28.0. The summed E-state index contributed by atoms with van der Waals surface area (Å²) in [6, 6.07) is 7.35. The number of ether oxygens (including phenoxy) is 6. The Morgan fingerprint density at radius 1 is 0.797 bits per heavy atom. The lowest BCUT2D eigenvalue weighted by atomic mass is 9.81. The molecule has 2 aliphatic heterocycles. The molecule has 0 spiro atoms. The van der Waals surface area contributed by atoms with Crippen LogP contribution in [0, 0.1) is 5.92 Å². The van der Waals surface area contributed by atoms with Gasteiger partial charge in [-0.25, -0.2) is 0 Å². The molecule has 3 aromatic rings. The monoisotopic (exact) mass is 836 g/mol. The molecule has 0 amide bonds. The molecule has 59 heavy (non-hydrogen) atoms. The normalized spacial score (nSPS) is 35.0. The van der Waals surface area contributed by atoms with Gasteiger partial charge in [0.05, 0.1) is 26.4 Å². The molecule has 6 rings (SSSR count). The van der Waals surface area contributed by atoms with Crippen LogP contribution in [0.3, 0.4) is 0 Å².